The smallest absolute Gasteiger partial charge is 0.325 e. The Bertz CT molecular complexity index is 667. The molecule has 138 valence electrons. The van der Waals surface area contributed by atoms with E-state index >= 15 is 0 Å². The zero-order valence-electron chi connectivity index (χ0n) is 14.8. The molecular formula is C20H24N2O4. The van der Waals surface area contributed by atoms with Gasteiger partial charge in [-0.15, -0.1) is 0 Å². The Hall–Kier alpha value is -3.02. The Morgan fingerprint density at radius 1 is 0.808 bits per heavy atom. The minimum Gasteiger partial charge on any atom is -0.426 e. The van der Waals surface area contributed by atoms with E-state index < -0.39 is 17.9 Å². The summed E-state index contributed by atoms with van der Waals surface area (Å²) in [5.41, 5.74) is 12.4. The van der Waals surface area contributed by atoms with Crippen molar-refractivity contribution in [3.8, 4) is 11.5 Å². The number of ether oxygens (including phenoxy) is 2. The van der Waals surface area contributed by atoms with Crippen LogP contribution in [-0.4, -0.2) is 11.9 Å². The van der Waals surface area contributed by atoms with E-state index in [-0.39, 0.29) is 0 Å². The summed E-state index contributed by atoms with van der Waals surface area (Å²) in [5.74, 6) is -1.58. The molecule has 0 heterocycles. The van der Waals surface area contributed by atoms with Crippen LogP contribution in [0.3, 0.4) is 0 Å². The van der Waals surface area contributed by atoms with E-state index in [9.17, 15) is 9.59 Å². The van der Waals surface area contributed by atoms with Crippen LogP contribution in [0.15, 0.2) is 48.5 Å². The maximum Gasteiger partial charge on any atom is 0.325 e. The third-order valence-corrected chi connectivity index (χ3v) is 3.86. The summed E-state index contributed by atoms with van der Waals surface area (Å²) in [6.45, 7) is 2.05. The van der Waals surface area contributed by atoms with Gasteiger partial charge in [0.15, 0.2) is 5.92 Å². The minimum atomic E-state index is -0.989. The Morgan fingerprint density at radius 2 is 1.23 bits per heavy atom. The normalized spacial score (nSPS) is 10.5. The van der Waals surface area contributed by atoms with Crippen LogP contribution in [0, 0.1) is 5.92 Å². The number of carbonyl (C=O) groups is 2. The van der Waals surface area contributed by atoms with Crippen molar-refractivity contribution in [1.29, 1.82) is 0 Å². The zero-order chi connectivity index (χ0) is 18.9. The summed E-state index contributed by atoms with van der Waals surface area (Å²) in [6.07, 6.45) is 3.00. The fourth-order valence-corrected chi connectivity index (χ4v) is 2.38. The van der Waals surface area contributed by atoms with Gasteiger partial charge >= 0.3 is 11.9 Å². The zero-order valence-corrected chi connectivity index (χ0v) is 14.8. The van der Waals surface area contributed by atoms with Gasteiger partial charge in [-0.25, -0.2) is 0 Å². The predicted octanol–water partition coefficient (Wildman–Crippen LogP) is 3.56. The SMILES string of the molecule is CCCCCC(C(=O)Oc1ccc(N)cc1)C(=O)Oc1ccc(N)cc1. The van der Waals surface area contributed by atoms with Crippen LogP contribution in [0.4, 0.5) is 11.4 Å². The standard InChI is InChI=1S/C20H24N2O4/c1-2-3-4-5-18(19(23)25-16-10-6-14(21)7-11-16)20(24)26-17-12-8-15(22)9-13-17/h6-13,18H,2-5,21-22H2,1H3. The van der Waals surface area contributed by atoms with Gasteiger partial charge in [0.25, 0.3) is 0 Å². The second kappa shape index (κ2) is 9.46. The van der Waals surface area contributed by atoms with E-state index in [4.69, 9.17) is 20.9 Å². The average molecular weight is 356 g/mol. The molecule has 0 aliphatic heterocycles. The second-order valence-electron chi connectivity index (χ2n) is 6.03. The molecule has 6 nitrogen and oxygen atoms in total. The van der Waals surface area contributed by atoms with Gasteiger partial charge in [-0.2, -0.15) is 0 Å². The molecule has 2 aromatic carbocycles. The summed E-state index contributed by atoms with van der Waals surface area (Å²) in [5, 5.41) is 0. The number of unbranched alkanes of at least 4 members (excludes halogenated alkanes) is 2. The number of esters is 2. The first-order chi connectivity index (χ1) is 12.5. The van der Waals surface area contributed by atoms with Crippen LogP contribution >= 0.6 is 0 Å². The fourth-order valence-electron chi connectivity index (χ4n) is 2.38. The lowest BCUT2D eigenvalue weighted by atomic mass is 10.0. The average Bonchev–Trinajstić information content (AvgIpc) is 2.62. The Balaban J connectivity index is 2.07. The number of hydrogen-bond donors (Lipinski definition) is 2. The van der Waals surface area contributed by atoms with Gasteiger partial charge in [0.2, 0.25) is 0 Å². The molecule has 26 heavy (non-hydrogen) atoms. The maximum atomic E-state index is 12.5. The van der Waals surface area contributed by atoms with Crippen molar-refractivity contribution < 1.29 is 19.1 Å². The number of nitrogens with two attached hydrogens (primary N) is 2. The predicted molar refractivity (Wildman–Crippen MR) is 101 cm³/mol. The lowest BCUT2D eigenvalue weighted by molar-refractivity contribution is -0.151. The molecule has 0 unspecified atom stereocenters. The molecule has 0 saturated carbocycles. The van der Waals surface area contributed by atoms with Crippen molar-refractivity contribution in [3.63, 3.8) is 0 Å². The Kier molecular flexibility index (Phi) is 7.02. The van der Waals surface area contributed by atoms with Gasteiger partial charge in [0.05, 0.1) is 0 Å². The minimum absolute atomic E-state index is 0.338. The highest BCUT2D eigenvalue weighted by molar-refractivity contribution is 5.96. The summed E-state index contributed by atoms with van der Waals surface area (Å²) >= 11 is 0. The number of rotatable bonds is 8. The van der Waals surface area contributed by atoms with Gasteiger partial charge in [-0.1, -0.05) is 26.2 Å². The third-order valence-electron chi connectivity index (χ3n) is 3.86. The molecule has 2 aromatic rings. The van der Waals surface area contributed by atoms with Crippen LogP contribution < -0.4 is 20.9 Å². The first kappa shape index (κ1) is 19.3. The van der Waals surface area contributed by atoms with Crippen LogP contribution in [0.25, 0.3) is 0 Å². The Labute approximate surface area is 153 Å². The molecular weight excluding hydrogens is 332 g/mol. The quantitative estimate of drug-likeness (QED) is 0.246. The number of benzene rings is 2. The van der Waals surface area contributed by atoms with E-state index in [2.05, 4.69) is 0 Å². The topological polar surface area (TPSA) is 105 Å². The summed E-state index contributed by atoms with van der Waals surface area (Å²) < 4.78 is 10.6. The second-order valence-corrected chi connectivity index (χ2v) is 6.03. The number of nitrogen functional groups attached to an aromatic ring is 2. The molecule has 6 heteroatoms. The number of hydrogen-bond acceptors (Lipinski definition) is 6. The lowest BCUT2D eigenvalue weighted by Gasteiger charge is -2.15. The number of anilines is 2. The first-order valence-corrected chi connectivity index (χ1v) is 8.64. The van der Waals surface area contributed by atoms with Crippen LogP contribution in [0.1, 0.15) is 32.6 Å². The lowest BCUT2D eigenvalue weighted by Crippen LogP contribution is -2.31. The Morgan fingerprint density at radius 3 is 1.62 bits per heavy atom. The van der Waals surface area contributed by atoms with Crippen molar-refractivity contribution in [1.82, 2.24) is 0 Å². The van der Waals surface area contributed by atoms with Gasteiger partial charge in [-0.3, -0.25) is 9.59 Å². The molecule has 0 atom stereocenters. The van der Waals surface area contributed by atoms with Crippen molar-refractivity contribution in [2.24, 2.45) is 5.92 Å². The van der Waals surface area contributed by atoms with Gasteiger partial charge in [0.1, 0.15) is 11.5 Å². The molecule has 0 saturated heterocycles. The third kappa shape index (κ3) is 5.81. The van der Waals surface area contributed by atoms with Gasteiger partial charge in [-0.05, 0) is 55.0 Å². The van der Waals surface area contributed by atoms with Crippen molar-refractivity contribution in [2.45, 2.75) is 32.6 Å². The van der Waals surface area contributed by atoms with Crippen LogP contribution in [-0.2, 0) is 9.59 Å². The van der Waals surface area contributed by atoms with E-state index in [1.165, 1.54) is 0 Å². The van der Waals surface area contributed by atoms with Crippen molar-refractivity contribution >= 4 is 23.3 Å². The monoisotopic (exact) mass is 356 g/mol. The van der Waals surface area contributed by atoms with E-state index in [1.54, 1.807) is 48.5 Å². The molecule has 0 aromatic heterocycles. The molecule has 0 aliphatic rings. The maximum absolute atomic E-state index is 12.5. The van der Waals surface area contributed by atoms with Crippen molar-refractivity contribution in [2.75, 3.05) is 11.5 Å². The molecule has 0 bridgehead atoms. The number of carbonyl (C=O) groups excluding carboxylic acids is 2. The van der Waals surface area contributed by atoms with E-state index in [1.807, 2.05) is 6.92 Å². The highest BCUT2D eigenvalue weighted by Crippen LogP contribution is 2.21. The van der Waals surface area contributed by atoms with Crippen LogP contribution in [0.5, 0.6) is 11.5 Å². The molecule has 0 amide bonds. The summed E-state index contributed by atoms with van der Waals surface area (Å²) in [7, 11) is 0. The van der Waals surface area contributed by atoms with E-state index in [0.29, 0.717) is 29.3 Å². The highest BCUT2D eigenvalue weighted by Gasteiger charge is 2.30. The first-order valence-electron chi connectivity index (χ1n) is 8.64. The molecule has 0 spiro atoms. The van der Waals surface area contributed by atoms with Crippen molar-refractivity contribution in [3.05, 3.63) is 48.5 Å². The summed E-state index contributed by atoms with van der Waals surface area (Å²) in [6, 6.07) is 12.8. The highest BCUT2D eigenvalue weighted by atomic mass is 16.6. The van der Waals surface area contributed by atoms with Gasteiger partial charge in [0, 0.05) is 11.4 Å². The van der Waals surface area contributed by atoms with E-state index in [0.717, 1.165) is 19.3 Å². The molecule has 0 aliphatic carbocycles. The van der Waals surface area contributed by atoms with Gasteiger partial charge < -0.3 is 20.9 Å². The molecule has 0 radical (unpaired) electrons. The fraction of sp³-hybridized carbons (Fsp3) is 0.300. The largest absolute Gasteiger partial charge is 0.426 e. The molecule has 4 N–H and O–H groups in total. The molecule has 2 rings (SSSR count). The molecule has 0 fully saturated rings. The van der Waals surface area contributed by atoms with Crippen LogP contribution in [0.2, 0.25) is 0 Å². The summed E-state index contributed by atoms with van der Waals surface area (Å²) in [4.78, 5) is 25.0.